The van der Waals surface area contributed by atoms with Gasteiger partial charge in [0, 0.05) is 23.5 Å². The molecule has 1 heterocycles. The van der Waals surface area contributed by atoms with Crippen LogP contribution in [0, 0.1) is 7.14 Å². The van der Waals surface area contributed by atoms with Crippen molar-refractivity contribution in [2.45, 2.75) is 55.2 Å². The van der Waals surface area contributed by atoms with Crippen molar-refractivity contribution in [1.29, 1.82) is 0 Å². The van der Waals surface area contributed by atoms with Gasteiger partial charge in [0.1, 0.15) is 0 Å². The van der Waals surface area contributed by atoms with E-state index < -0.39 is 0 Å². The van der Waals surface area contributed by atoms with Crippen molar-refractivity contribution >= 4 is 68.3 Å². The molecule has 0 bridgehead atoms. The van der Waals surface area contributed by atoms with Crippen LogP contribution in [0.2, 0.25) is 0 Å². The molecule has 0 N–H and O–H groups in total. The Hall–Kier alpha value is 0.0500. The highest BCUT2D eigenvalue weighted by Crippen LogP contribution is 2.48. The van der Waals surface area contributed by atoms with E-state index in [-0.39, 0.29) is 0 Å². The van der Waals surface area contributed by atoms with Crippen molar-refractivity contribution in [3.05, 3.63) is 43.5 Å². The first-order valence-corrected chi connectivity index (χ1v) is 11.7. The molecule has 2 aromatic rings. The van der Waals surface area contributed by atoms with Gasteiger partial charge >= 0.3 is 0 Å². The Balaban J connectivity index is 1.77. The Morgan fingerprint density at radius 1 is 0.792 bits per heavy atom. The number of nitrogens with zero attached hydrogens (tertiary/aromatic N) is 1. The van der Waals surface area contributed by atoms with E-state index in [2.05, 4.69) is 93.4 Å². The van der Waals surface area contributed by atoms with Crippen LogP contribution in [-0.4, -0.2) is 6.54 Å². The molecule has 0 saturated carbocycles. The van der Waals surface area contributed by atoms with Crippen molar-refractivity contribution in [1.82, 2.24) is 0 Å². The third kappa shape index (κ3) is 4.61. The number of halogens is 2. The van der Waals surface area contributed by atoms with E-state index in [1.807, 2.05) is 11.8 Å². The van der Waals surface area contributed by atoms with E-state index >= 15 is 0 Å². The van der Waals surface area contributed by atoms with Crippen LogP contribution in [0.4, 0.5) is 11.4 Å². The summed E-state index contributed by atoms with van der Waals surface area (Å²) in [7, 11) is 0. The third-order valence-corrected chi connectivity index (χ3v) is 6.82. The van der Waals surface area contributed by atoms with Crippen LogP contribution < -0.4 is 4.90 Å². The summed E-state index contributed by atoms with van der Waals surface area (Å²) in [6, 6.07) is 13.7. The van der Waals surface area contributed by atoms with Crippen LogP contribution >= 0.6 is 56.9 Å². The highest BCUT2D eigenvalue weighted by molar-refractivity contribution is 14.1. The van der Waals surface area contributed by atoms with E-state index in [0.29, 0.717) is 0 Å². The maximum absolute atomic E-state index is 2.53. The Kier molecular flexibility index (Phi) is 7.16. The molecule has 24 heavy (non-hydrogen) atoms. The molecule has 0 atom stereocenters. The molecule has 0 amide bonds. The highest BCUT2D eigenvalue weighted by Gasteiger charge is 2.23. The van der Waals surface area contributed by atoms with Gasteiger partial charge in [0.25, 0.3) is 0 Å². The molecule has 1 nitrogen and oxygen atoms in total. The summed E-state index contributed by atoms with van der Waals surface area (Å²) < 4.78 is 2.62. The van der Waals surface area contributed by atoms with E-state index in [4.69, 9.17) is 0 Å². The molecule has 0 aliphatic carbocycles. The average molecular weight is 563 g/mol. The first-order chi connectivity index (χ1) is 11.7. The fourth-order valence-electron chi connectivity index (χ4n) is 3.12. The fourth-order valence-corrected chi connectivity index (χ4v) is 5.70. The van der Waals surface area contributed by atoms with Gasteiger partial charge in [-0.15, -0.1) is 0 Å². The van der Waals surface area contributed by atoms with Crippen LogP contribution in [0.25, 0.3) is 0 Å². The molecule has 0 aromatic heterocycles. The number of hydrogen-bond acceptors (Lipinski definition) is 2. The Morgan fingerprint density at radius 2 is 1.33 bits per heavy atom. The summed E-state index contributed by atoms with van der Waals surface area (Å²) in [5.41, 5.74) is 2.75. The summed E-state index contributed by atoms with van der Waals surface area (Å²) in [6.45, 7) is 3.40. The lowest BCUT2D eigenvalue weighted by molar-refractivity contribution is 0.608. The maximum atomic E-state index is 2.53. The van der Waals surface area contributed by atoms with Crippen LogP contribution in [0.1, 0.15) is 45.4 Å². The average Bonchev–Trinajstić information content (AvgIpc) is 2.56. The molecule has 0 spiro atoms. The number of hydrogen-bond donors (Lipinski definition) is 0. The zero-order chi connectivity index (χ0) is 16.9. The quantitative estimate of drug-likeness (QED) is 0.249. The topological polar surface area (TPSA) is 3.24 Å². The van der Waals surface area contributed by atoms with Gasteiger partial charge in [-0.3, -0.25) is 0 Å². The van der Waals surface area contributed by atoms with E-state index in [1.54, 1.807) is 0 Å². The van der Waals surface area contributed by atoms with Crippen molar-refractivity contribution < 1.29 is 0 Å². The molecule has 0 saturated heterocycles. The van der Waals surface area contributed by atoms with E-state index in [9.17, 15) is 0 Å². The number of rotatable bonds is 7. The van der Waals surface area contributed by atoms with Crippen molar-refractivity contribution in [2.75, 3.05) is 11.4 Å². The predicted molar refractivity (Wildman–Crippen MR) is 123 cm³/mol. The molecule has 2 aromatic carbocycles. The summed E-state index contributed by atoms with van der Waals surface area (Å²) in [6.07, 6.45) is 8.06. The van der Waals surface area contributed by atoms with Gasteiger partial charge in [0.05, 0.1) is 11.4 Å². The standard InChI is InChI=1S/C20H23I2NS/c1-2-3-4-5-6-7-12-23-17-10-8-15(21)13-19(17)24-20-14-16(22)9-11-18(20)23/h8-11,13-14H,2-7,12H2,1H3. The van der Waals surface area contributed by atoms with Crippen molar-refractivity contribution in [3.63, 3.8) is 0 Å². The Bertz CT molecular complexity index is 651. The molecule has 0 fully saturated rings. The zero-order valence-electron chi connectivity index (χ0n) is 14.0. The van der Waals surface area contributed by atoms with Crippen LogP contribution in [0.3, 0.4) is 0 Å². The third-order valence-electron chi connectivity index (χ3n) is 4.38. The molecule has 128 valence electrons. The smallest absolute Gasteiger partial charge is 0.0553 e. The first-order valence-electron chi connectivity index (χ1n) is 8.73. The normalized spacial score (nSPS) is 12.9. The second-order valence-electron chi connectivity index (χ2n) is 6.25. The van der Waals surface area contributed by atoms with Gasteiger partial charge in [-0.1, -0.05) is 50.8 Å². The molecule has 0 unspecified atom stereocenters. The minimum atomic E-state index is 1.12. The van der Waals surface area contributed by atoms with Gasteiger partial charge < -0.3 is 4.90 Å². The summed E-state index contributed by atoms with van der Waals surface area (Å²) in [5, 5.41) is 0. The van der Waals surface area contributed by atoms with Gasteiger partial charge in [-0.05, 0) is 88.0 Å². The zero-order valence-corrected chi connectivity index (χ0v) is 19.2. The van der Waals surface area contributed by atoms with Crippen molar-refractivity contribution in [2.24, 2.45) is 0 Å². The van der Waals surface area contributed by atoms with E-state index in [1.165, 1.54) is 66.8 Å². The summed E-state index contributed by atoms with van der Waals surface area (Å²) in [4.78, 5) is 5.32. The molecule has 4 heteroatoms. The monoisotopic (exact) mass is 563 g/mol. The lowest BCUT2D eigenvalue weighted by atomic mass is 10.1. The first kappa shape index (κ1) is 18.8. The van der Waals surface area contributed by atoms with Crippen LogP contribution in [0.15, 0.2) is 46.2 Å². The number of anilines is 2. The van der Waals surface area contributed by atoms with Gasteiger partial charge in [0.2, 0.25) is 0 Å². The summed E-state index contributed by atoms with van der Waals surface area (Å²) >= 11 is 6.74. The minimum absolute atomic E-state index is 1.12. The number of fused-ring (bicyclic) bond motifs is 2. The van der Waals surface area contributed by atoms with E-state index in [0.717, 1.165) is 6.54 Å². The lowest BCUT2D eigenvalue weighted by Gasteiger charge is -2.33. The molecular weight excluding hydrogens is 540 g/mol. The minimum Gasteiger partial charge on any atom is -0.340 e. The highest BCUT2D eigenvalue weighted by atomic mass is 127. The maximum Gasteiger partial charge on any atom is 0.0553 e. The van der Waals surface area contributed by atoms with Gasteiger partial charge in [-0.2, -0.15) is 0 Å². The molecule has 0 radical (unpaired) electrons. The fraction of sp³-hybridized carbons (Fsp3) is 0.400. The van der Waals surface area contributed by atoms with Gasteiger partial charge in [0.15, 0.2) is 0 Å². The molecule has 3 rings (SSSR count). The van der Waals surface area contributed by atoms with Crippen LogP contribution in [0.5, 0.6) is 0 Å². The second kappa shape index (κ2) is 9.12. The molecule has 1 aliphatic heterocycles. The largest absolute Gasteiger partial charge is 0.340 e. The van der Waals surface area contributed by atoms with Gasteiger partial charge in [-0.25, -0.2) is 0 Å². The SMILES string of the molecule is CCCCCCCCN1c2ccc(I)cc2Sc2cc(I)ccc21. The number of unbranched alkanes of at least 4 members (excludes halogenated alkanes) is 5. The Labute approximate surface area is 177 Å². The van der Waals surface area contributed by atoms with Crippen LogP contribution in [-0.2, 0) is 0 Å². The Morgan fingerprint density at radius 3 is 1.92 bits per heavy atom. The van der Waals surface area contributed by atoms with Crippen molar-refractivity contribution in [3.8, 4) is 0 Å². The lowest BCUT2D eigenvalue weighted by Crippen LogP contribution is -2.22. The second-order valence-corrected chi connectivity index (χ2v) is 9.82. The summed E-state index contributed by atoms with van der Waals surface area (Å²) in [5.74, 6) is 0. The molecule has 1 aliphatic rings. The molecular formula is C20H23I2NS. The number of benzene rings is 2. The predicted octanol–water partition coefficient (Wildman–Crippen LogP) is 7.86.